The zero-order valence-corrected chi connectivity index (χ0v) is 11.4. The molecule has 1 heteroatoms. The van der Waals surface area contributed by atoms with Gasteiger partial charge in [-0.1, -0.05) is 0 Å². The van der Waals surface area contributed by atoms with Gasteiger partial charge in [-0.05, 0) is 0 Å². The summed E-state index contributed by atoms with van der Waals surface area (Å²) in [5.41, 5.74) is 2.51. The Morgan fingerprint density at radius 2 is 1.93 bits per heavy atom. The van der Waals surface area contributed by atoms with Crippen LogP contribution in [0.25, 0.3) is 0 Å². The van der Waals surface area contributed by atoms with Crippen molar-refractivity contribution in [1.29, 1.82) is 0 Å². The third kappa shape index (κ3) is 0.769. The first-order valence-electron chi connectivity index (χ1n) is 6.13. The normalized spacial score (nSPS) is 69.6. The molecule has 4 rings (SSSR count). The molecule has 14 heavy (non-hydrogen) atoms. The summed E-state index contributed by atoms with van der Waals surface area (Å²) < 4.78 is 2.91. The van der Waals surface area contributed by atoms with Crippen molar-refractivity contribution in [1.82, 2.24) is 0 Å². The molecular formula is C13H20I-. The van der Waals surface area contributed by atoms with E-state index < -0.39 is 0 Å². The molecule has 3 bridgehead atoms. The van der Waals surface area contributed by atoms with Crippen LogP contribution >= 0.6 is 0 Å². The summed E-state index contributed by atoms with van der Waals surface area (Å²) >= 11 is 0.571. The van der Waals surface area contributed by atoms with Gasteiger partial charge in [0.05, 0.1) is 0 Å². The van der Waals surface area contributed by atoms with E-state index in [0.717, 1.165) is 22.2 Å². The molecular weight excluding hydrogens is 283 g/mol. The van der Waals surface area contributed by atoms with Gasteiger partial charge in [0.1, 0.15) is 0 Å². The van der Waals surface area contributed by atoms with Crippen LogP contribution < -0.4 is 21.2 Å². The summed E-state index contributed by atoms with van der Waals surface area (Å²) in [6.45, 7) is 5.26. The van der Waals surface area contributed by atoms with Crippen molar-refractivity contribution in [3.05, 3.63) is 0 Å². The average molecular weight is 303 g/mol. The van der Waals surface area contributed by atoms with Gasteiger partial charge in [-0.3, -0.25) is 0 Å². The standard InChI is InChI=1S/C13H20I/c1-11-3-9-4-12(2)8-14-10(6-11)13(12,5-9)7-11/h9-10H,3-8H2,1-2H3/q-1/t9-,10+,11+,12-,13-/m1/s1. The van der Waals surface area contributed by atoms with E-state index in [1.807, 2.05) is 0 Å². The van der Waals surface area contributed by atoms with E-state index in [9.17, 15) is 0 Å². The second-order valence-electron chi connectivity index (χ2n) is 7.14. The van der Waals surface area contributed by atoms with E-state index in [2.05, 4.69) is 13.8 Å². The van der Waals surface area contributed by atoms with Gasteiger partial charge in [0.15, 0.2) is 0 Å². The SMILES string of the molecule is C[C@]12C[C@@H]3C[C@]4(C)C[I-][C@@H](C1)[C@@]4(C3)C2. The summed E-state index contributed by atoms with van der Waals surface area (Å²) in [5.74, 6) is 1.13. The molecule has 0 N–H and O–H groups in total. The number of alkyl halides is 2. The number of halogens is 1. The van der Waals surface area contributed by atoms with Crippen LogP contribution in [0.3, 0.4) is 0 Å². The Balaban J connectivity index is 1.92. The molecule has 1 aliphatic heterocycles. The second-order valence-corrected chi connectivity index (χ2v) is 10.3. The number of fused-ring (bicyclic) bond motifs is 2. The van der Waals surface area contributed by atoms with Crippen molar-refractivity contribution in [2.45, 2.75) is 49.9 Å². The Morgan fingerprint density at radius 1 is 1.07 bits per heavy atom. The number of rotatable bonds is 0. The molecule has 0 aromatic rings. The number of hydrogen-bond acceptors (Lipinski definition) is 0. The summed E-state index contributed by atoms with van der Waals surface area (Å²) in [6.07, 6.45) is 8.09. The molecule has 1 heterocycles. The van der Waals surface area contributed by atoms with Crippen molar-refractivity contribution in [2.24, 2.45) is 22.2 Å². The van der Waals surface area contributed by atoms with Crippen LogP contribution in [-0.4, -0.2) is 8.35 Å². The molecule has 0 radical (unpaired) electrons. The van der Waals surface area contributed by atoms with Gasteiger partial charge >= 0.3 is 97.7 Å². The first-order chi connectivity index (χ1) is 6.55. The van der Waals surface area contributed by atoms with E-state index in [4.69, 9.17) is 0 Å². The predicted octanol–water partition coefficient (Wildman–Crippen LogP) is 0.0641. The van der Waals surface area contributed by atoms with Gasteiger partial charge in [0.2, 0.25) is 0 Å². The van der Waals surface area contributed by atoms with Crippen LogP contribution in [0.4, 0.5) is 0 Å². The van der Waals surface area contributed by atoms with Crippen molar-refractivity contribution in [3.8, 4) is 0 Å². The zero-order valence-electron chi connectivity index (χ0n) is 9.28. The zero-order chi connectivity index (χ0) is 9.60. The molecule has 0 aromatic carbocycles. The fourth-order valence-electron chi connectivity index (χ4n) is 5.69. The monoisotopic (exact) mass is 303 g/mol. The van der Waals surface area contributed by atoms with Gasteiger partial charge in [-0.15, -0.1) is 0 Å². The molecule has 0 aromatic heterocycles. The summed E-state index contributed by atoms with van der Waals surface area (Å²) in [7, 11) is 0. The summed E-state index contributed by atoms with van der Waals surface area (Å²) in [5, 5.41) is 0. The molecule has 0 unspecified atom stereocenters. The quantitative estimate of drug-likeness (QED) is 0.439. The Hall–Kier alpha value is 0.730. The molecule has 80 valence electrons. The molecule has 0 amide bonds. The van der Waals surface area contributed by atoms with Crippen molar-refractivity contribution >= 4 is 0 Å². The fraction of sp³-hybridized carbons (Fsp3) is 1.00. The molecule has 0 nitrogen and oxygen atoms in total. The molecule has 1 saturated heterocycles. The topological polar surface area (TPSA) is 0 Å². The van der Waals surface area contributed by atoms with Crippen LogP contribution in [0.15, 0.2) is 0 Å². The summed E-state index contributed by atoms with van der Waals surface area (Å²) in [4.78, 5) is 0. The molecule has 5 atom stereocenters. The molecule has 1 spiro atoms. The van der Waals surface area contributed by atoms with Gasteiger partial charge in [0.25, 0.3) is 0 Å². The maximum absolute atomic E-state index is 2.66. The van der Waals surface area contributed by atoms with Gasteiger partial charge in [0, 0.05) is 0 Å². The van der Waals surface area contributed by atoms with Gasteiger partial charge < -0.3 is 0 Å². The average Bonchev–Trinajstić information content (AvgIpc) is 2.51. The minimum absolute atomic E-state index is 0.571. The van der Waals surface area contributed by atoms with Crippen molar-refractivity contribution in [2.75, 3.05) is 4.43 Å². The molecule has 4 aliphatic rings. The van der Waals surface area contributed by atoms with E-state index >= 15 is 0 Å². The van der Waals surface area contributed by atoms with Gasteiger partial charge in [-0.25, -0.2) is 0 Å². The van der Waals surface area contributed by atoms with E-state index in [-0.39, 0.29) is 0 Å². The third-order valence-electron chi connectivity index (χ3n) is 5.95. The van der Waals surface area contributed by atoms with Crippen LogP contribution in [-0.2, 0) is 0 Å². The van der Waals surface area contributed by atoms with Crippen molar-refractivity contribution < 1.29 is 21.2 Å². The maximum atomic E-state index is 2.66. The first kappa shape index (κ1) is 8.83. The van der Waals surface area contributed by atoms with Crippen LogP contribution in [0.1, 0.15) is 46.0 Å². The third-order valence-corrected chi connectivity index (χ3v) is 10.8. The second kappa shape index (κ2) is 2.21. The Kier molecular flexibility index (Phi) is 1.39. The fourth-order valence-corrected chi connectivity index (χ4v) is 11.7. The molecule has 3 saturated carbocycles. The first-order valence-corrected chi connectivity index (χ1v) is 8.90. The summed E-state index contributed by atoms with van der Waals surface area (Å²) in [6, 6.07) is 0. The van der Waals surface area contributed by atoms with Gasteiger partial charge in [-0.2, -0.15) is 0 Å². The Bertz CT molecular complexity index is 312. The molecule has 4 fully saturated rings. The molecule has 3 aliphatic carbocycles. The number of hydrogen-bond donors (Lipinski definition) is 0. The Morgan fingerprint density at radius 3 is 2.79 bits per heavy atom. The van der Waals surface area contributed by atoms with E-state index in [1.54, 1.807) is 36.5 Å². The van der Waals surface area contributed by atoms with Crippen LogP contribution in [0.2, 0.25) is 0 Å². The van der Waals surface area contributed by atoms with Crippen LogP contribution in [0.5, 0.6) is 0 Å². The Labute approximate surface area is 97.5 Å². The minimum atomic E-state index is 0.571. The predicted molar refractivity (Wildman–Crippen MR) is 53.9 cm³/mol. The van der Waals surface area contributed by atoms with E-state index in [1.165, 1.54) is 3.92 Å². The van der Waals surface area contributed by atoms with Crippen LogP contribution in [0, 0.1) is 22.2 Å². The van der Waals surface area contributed by atoms with Crippen molar-refractivity contribution in [3.63, 3.8) is 0 Å². The van der Waals surface area contributed by atoms with E-state index in [0.29, 0.717) is 21.2 Å².